The first kappa shape index (κ1) is 13.2. The van der Waals surface area contributed by atoms with E-state index >= 15 is 0 Å². The minimum absolute atomic E-state index is 0.428. The lowest BCUT2D eigenvalue weighted by atomic mass is 10.5. The highest BCUT2D eigenvalue weighted by Crippen LogP contribution is 2.20. The average Bonchev–Trinajstić information content (AvgIpc) is 2.70. The fourth-order valence-corrected chi connectivity index (χ4v) is 4.57. The molecule has 0 saturated heterocycles. The van der Waals surface area contributed by atoms with Crippen LogP contribution in [0.3, 0.4) is 0 Å². The molecule has 1 rings (SSSR count). The van der Waals surface area contributed by atoms with Crippen LogP contribution in [0.2, 0.25) is 0 Å². The van der Waals surface area contributed by atoms with E-state index in [1.165, 1.54) is 15.6 Å². The van der Waals surface area contributed by atoms with Crippen molar-refractivity contribution >= 4 is 37.3 Å². The van der Waals surface area contributed by atoms with Gasteiger partial charge in [-0.25, -0.2) is 8.42 Å². The molecule has 0 aliphatic heterocycles. The Morgan fingerprint density at radius 2 is 2.20 bits per heavy atom. The molecule has 0 unspecified atom stereocenters. The summed E-state index contributed by atoms with van der Waals surface area (Å²) in [5.74, 6) is 0. The number of sulfonamides is 1. The highest BCUT2D eigenvalue weighted by Gasteiger charge is 2.23. The van der Waals surface area contributed by atoms with Crippen molar-refractivity contribution < 1.29 is 8.42 Å². The summed E-state index contributed by atoms with van der Waals surface area (Å²) in [7, 11) is -3.26. The van der Waals surface area contributed by atoms with Crippen molar-refractivity contribution in [3.05, 3.63) is 17.5 Å². The molecule has 6 heteroatoms. The third-order valence-corrected chi connectivity index (χ3v) is 5.52. The van der Waals surface area contributed by atoms with Crippen LogP contribution in [-0.2, 0) is 10.0 Å². The Balaban J connectivity index is 2.91. The van der Waals surface area contributed by atoms with E-state index in [0.29, 0.717) is 22.6 Å². The summed E-state index contributed by atoms with van der Waals surface area (Å²) in [6.07, 6.45) is 0.831. The lowest BCUT2D eigenvalue weighted by Crippen LogP contribution is -2.32. The molecule has 0 saturated carbocycles. The monoisotopic (exact) mass is 311 g/mol. The molecule has 1 heterocycles. The van der Waals surface area contributed by atoms with Crippen LogP contribution in [0.5, 0.6) is 0 Å². The van der Waals surface area contributed by atoms with E-state index in [1.807, 2.05) is 6.92 Å². The summed E-state index contributed by atoms with van der Waals surface area (Å²) < 4.78 is 26.1. The first-order valence-electron chi connectivity index (χ1n) is 4.72. The van der Waals surface area contributed by atoms with Gasteiger partial charge in [0.05, 0.1) is 0 Å². The van der Waals surface area contributed by atoms with Gasteiger partial charge in [-0.3, -0.25) is 0 Å². The van der Waals surface area contributed by atoms with E-state index in [4.69, 9.17) is 0 Å². The van der Waals surface area contributed by atoms with Gasteiger partial charge >= 0.3 is 0 Å². The number of hydrogen-bond acceptors (Lipinski definition) is 3. The molecule has 3 nitrogen and oxygen atoms in total. The maximum absolute atomic E-state index is 12.1. The van der Waals surface area contributed by atoms with E-state index in [0.717, 1.165) is 6.42 Å². The second-order valence-corrected chi connectivity index (χ2v) is 6.93. The first-order chi connectivity index (χ1) is 7.12. The molecular weight excluding hydrogens is 298 g/mol. The van der Waals surface area contributed by atoms with Crippen LogP contribution >= 0.6 is 27.3 Å². The molecule has 0 amide bonds. The van der Waals surface area contributed by atoms with Crippen LogP contribution in [0.1, 0.15) is 13.3 Å². The molecule has 0 aromatic carbocycles. The zero-order valence-corrected chi connectivity index (χ0v) is 11.7. The zero-order chi connectivity index (χ0) is 11.3. The Morgan fingerprint density at radius 1 is 1.47 bits per heavy atom. The van der Waals surface area contributed by atoms with Gasteiger partial charge in [-0.2, -0.15) is 4.31 Å². The van der Waals surface area contributed by atoms with Gasteiger partial charge in [0.25, 0.3) is 10.0 Å². The standard InChI is InChI=1S/C9H14BrNO2S2/c1-2-6-11(7-5-10)15(12,13)9-4-3-8-14-9/h3-4,8H,2,5-7H2,1H3. The Labute approximate surface area is 103 Å². The number of thiophene rings is 1. The van der Waals surface area contributed by atoms with E-state index in [9.17, 15) is 8.42 Å². The van der Waals surface area contributed by atoms with Crippen molar-refractivity contribution in [3.63, 3.8) is 0 Å². The fraction of sp³-hybridized carbons (Fsp3) is 0.556. The highest BCUT2D eigenvalue weighted by atomic mass is 79.9. The molecule has 0 N–H and O–H groups in total. The fourth-order valence-electron chi connectivity index (χ4n) is 1.23. The minimum Gasteiger partial charge on any atom is -0.206 e. The maximum Gasteiger partial charge on any atom is 0.252 e. The van der Waals surface area contributed by atoms with Gasteiger partial charge < -0.3 is 0 Å². The summed E-state index contributed by atoms with van der Waals surface area (Å²) >= 11 is 4.54. The molecule has 1 aromatic rings. The summed E-state index contributed by atoms with van der Waals surface area (Å²) in [4.78, 5) is 0. The van der Waals surface area contributed by atoms with Crippen LogP contribution in [0.25, 0.3) is 0 Å². The number of alkyl halides is 1. The molecule has 0 aliphatic carbocycles. The van der Waals surface area contributed by atoms with Crippen molar-refractivity contribution in [2.75, 3.05) is 18.4 Å². The number of halogens is 1. The molecule has 0 spiro atoms. The third-order valence-electron chi connectivity index (χ3n) is 1.90. The Morgan fingerprint density at radius 3 is 2.67 bits per heavy atom. The largest absolute Gasteiger partial charge is 0.252 e. The second kappa shape index (κ2) is 5.98. The number of nitrogens with zero attached hydrogens (tertiary/aromatic N) is 1. The SMILES string of the molecule is CCCN(CCBr)S(=O)(=O)c1cccs1. The Kier molecular flexibility index (Phi) is 5.25. The van der Waals surface area contributed by atoms with Crippen molar-refractivity contribution in [2.45, 2.75) is 17.6 Å². The van der Waals surface area contributed by atoms with E-state index in [-0.39, 0.29) is 0 Å². The molecule has 0 bridgehead atoms. The van der Waals surface area contributed by atoms with Crippen LogP contribution in [0, 0.1) is 0 Å². The molecule has 0 atom stereocenters. The van der Waals surface area contributed by atoms with Gasteiger partial charge in [0.15, 0.2) is 0 Å². The maximum atomic E-state index is 12.1. The van der Waals surface area contributed by atoms with Gasteiger partial charge in [-0.05, 0) is 17.9 Å². The van der Waals surface area contributed by atoms with Gasteiger partial charge in [-0.15, -0.1) is 11.3 Å². The first-order valence-corrected chi connectivity index (χ1v) is 8.16. The topological polar surface area (TPSA) is 37.4 Å². The number of hydrogen-bond donors (Lipinski definition) is 0. The predicted molar refractivity (Wildman–Crippen MR) is 67.2 cm³/mol. The summed E-state index contributed by atoms with van der Waals surface area (Å²) in [6, 6.07) is 3.41. The van der Waals surface area contributed by atoms with E-state index in [2.05, 4.69) is 15.9 Å². The quantitative estimate of drug-likeness (QED) is 0.757. The summed E-state index contributed by atoms with van der Waals surface area (Å²) in [5.41, 5.74) is 0. The molecule has 0 fully saturated rings. The van der Waals surface area contributed by atoms with Crippen molar-refractivity contribution in [3.8, 4) is 0 Å². The van der Waals surface area contributed by atoms with Crippen LogP contribution in [0.4, 0.5) is 0 Å². The lowest BCUT2D eigenvalue weighted by Gasteiger charge is -2.19. The Bertz CT molecular complexity index is 369. The van der Waals surface area contributed by atoms with Crippen molar-refractivity contribution in [1.82, 2.24) is 4.31 Å². The van der Waals surface area contributed by atoms with Crippen molar-refractivity contribution in [1.29, 1.82) is 0 Å². The summed E-state index contributed by atoms with van der Waals surface area (Å²) in [5, 5.41) is 2.45. The highest BCUT2D eigenvalue weighted by molar-refractivity contribution is 9.09. The smallest absolute Gasteiger partial charge is 0.206 e. The Hall–Kier alpha value is 0.0900. The number of rotatable bonds is 6. The second-order valence-electron chi connectivity index (χ2n) is 3.03. The van der Waals surface area contributed by atoms with Crippen LogP contribution in [0.15, 0.2) is 21.7 Å². The van der Waals surface area contributed by atoms with Gasteiger partial charge in [0, 0.05) is 18.4 Å². The predicted octanol–water partition coefficient (Wildman–Crippen LogP) is 2.54. The molecule has 0 aliphatic rings. The molecule has 15 heavy (non-hydrogen) atoms. The van der Waals surface area contributed by atoms with Crippen LogP contribution < -0.4 is 0 Å². The van der Waals surface area contributed by atoms with E-state index < -0.39 is 10.0 Å². The minimum atomic E-state index is -3.26. The third kappa shape index (κ3) is 3.27. The normalized spacial score (nSPS) is 12.2. The zero-order valence-electron chi connectivity index (χ0n) is 8.52. The van der Waals surface area contributed by atoms with Gasteiger partial charge in [0.2, 0.25) is 0 Å². The molecule has 1 aromatic heterocycles. The molecule has 86 valence electrons. The molecule has 0 radical (unpaired) electrons. The lowest BCUT2D eigenvalue weighted by molar-refractivity contribution is 0.431. The van der Waals surface area contributed by atoms with Gasteiger partial charge in [-0.1, -0.05) is 28.9 Å². The summed E-state index contributed by atoms with van der Waals surface area (Å²) in [6.45, 7) is 3.07. The van der Waals surface area contributed by atoms with Crippen molar-refractivity contribution in [2.24, 2.45) is 0 Å². The molecular formula is C9H14BrNO2S2. The van der Waals surface area contributed by atoms with Crippen LogP contribution in [-0.4, -0.2) is 31.1 Å². The average molecular weight is 312 g/mol. The van der Waals surface area contributed by atoms with E-state index in [1.54, 1.807) is 17.5 Å². The van der Waals surface area contributed by atoms with Gasteiger partial charge in [0.1, 0.15) is 4.21 Å².